The van der Waals surface area contributed by atoms with Gasteiger partial charge in [-0.2, -0.15) is 13.2 Å². The lowest BCUT2D eigenvalue weighted by Gasteiger charge is -2.18. The molecular formula is C14H16F4N2O. The van der Waals surface area contributed by atoms with E-state index in [-0.39, 0.29) is 11.6 Å². The first-order valence-electron chi connectivity index (χ1n) is 6.62. The molecule has 7 heteroatoms. The smallest absolute Gasteiger partial charge is 0.396 e. The summed E-state index contributed by atoms with van der Waals surface area (Å²) in [6.45, 7) is 0.0644. The summed E-state index contributed by atoms with van der Waals surface area (Å²) < 4.78 is 50.0. The number of alkyl halides is 3. The van der Waals surface area contributed by atoms with Gasteiger partial charge in [-0.15, -0.1) is 0 Å². The van der Waals surface area contributed by atoms with Gasteiger partial charge >= 0.3 is 6.18 Å². The van der Waals surface area contributed by atoms with Gasteiger partial charge in [0, 0.05) is 0 Å². The maximum absolute atomic E-state index is 13.6. The Balaban J connectivity index is 2.20. The van der Waals surface area contributed by atoms with Crippen LogP contribution in [0.15, 0.2) is 12.1 Å². The van der Waals surface area contributed by atoms with Crippen molar-refractivity contribution < 1.29 is 22.4 Å². The van der Waals surface area contributed by atoms with E-state index in [2.05, 4.69) is 0 Å². The molecule has 0 heterocycles. The maximum Gasteiger partial charge on any atom is 0.405 e. The molecule has 3 N–H and O–H groups in total. The number of anilines is 1. The zero-order chi connectivity index (χ0) is 15.8. The number of nitrogens with one attached hydrogen (secondary N) is 1. The van der Waals surface area contributed by atoms with Crippen molar-refractivity contribution in [2.45, 2.75) is 37.8 Å². The lowest BCUT2D eigenvalue weighted by molar-refractivity contribution is -0.139. The normalized spacial score (nSPS) is 16.6. The summed E-state index contributed by atoms with van der Waals surface area (Å²) in [5.41, 5.74) is 6.67. The number of benzene rings is 1. The van der Waals surface area contributed by atoms with Gasteiger partial charge in [-0.05, 0) is 48.9 Å². The molecule has 0 aromatic heterocycles. The van der Waals surface area contributed by atoms with E-state index < -0.39 is 30.4 Å². The second kappa shape index (κ2) is 5.54. The zero-order valence-electron chi connectivity index (χ0n) is 11.4. The molecule has 1 aliphatic carbocycles. The summed E-state index contributed by atoms with van der Waals surface area (Å²) in [7, 11) is 0. The van der Waals surface area contributed by atoms with E-state index in [1.807, 2.05) is 5.32 Å². The van der Waals surface area contributed by atoms with Crippen molar-refractivity contribution in [3.8, 4) is 0 Å². The van der Waals surface area contributed by atoms with Crippen LogP contribution in [-0.2, 0) is 4.79 Å². The first kappa shape index (κ1) is 15.6. The molecule has 1 saturated carbocycles. The Morgan fingerprint density at radius 1 is 1.43 bits per heavy atom. The largest absolute Gasteiger partial charge is 0.405 e. The average molecular weight is 304 g/mol. The van der Waals surface area contributed by atoms with Crippen LogP contribution in [0.2, 0.25) is 0 Å². The Bertz CT molecular complexity index is 553. The number of carbonyl (C=O) groups excluding carboxylic acids is 1. The monoisotopic (exact) mass is 304 g/mol. The first-order valence-corrected chi connectivity index (χ1v) is 6.62. The molecule has 21 heavy (non-hydrogen) atoms. The predicted molar refractivity (Wildman–Crippen MR) is 70.3 cm³/mol. The molecule has 1 unspecified atom stereocenters. The third-order valence-electron chi connectivity index (χ3n) is 3.54. The second-order valence-corrected chi connectivity index (χ2v) is 5.33. The van der Waals surface area contributed by atoms with Crippen molar-refractivity contribution in [2.75, 3.05) is 12.3 Å². The van der Waals surface area contributed by atoms with Crippen LogP contribution in [0.4, 0.5) is 23.2 Å². The number of rotatable bonds is 4. The number of carbonyl (C=O) groups is 1. The minimum atomic E-state index is -4.47. The van der Waals surface area contributed by atoms with Crippen molar-refractivity contribution in [3.63, 3.8) is 0 Å². The third kappa shape index (κ3) is 3.86. The van der Waals surface area contributed by atoms with Crippen LogP contribution in [0.25, 0.3) is 0 Å². The molecular weight excluding hydrogens is 288 g/mol. The van der Waals surface area contributed by atoms with Gasteiger partial charge in [0.2, 0.25) is 5.91 Å². The molecule has 2 rings (SSSR count). The van der Waals surface area contributed by atoms with Crippen LogP contribution in [0.1, 0.15) is 42.7 Å². The average Bonchev–Trinajstić information content (AvgIpc) is 3.21. The van der Waals surface area contributed by atoms with Gasteiger partial charge in [0.25, 0.3) is 0 Å². The predicted octanol–water partition coefficient (Wildman–Crippen LogP) is 3.07. The number of nitrogen functional groups attached to an aromatic ring is 1. The van der Waals surface area contributed by atoms with Crippen molar-refractivity contribution in [3.05, 3.63) is 29.1 Å². The SMILES string of the molecule is CC(C(=O)NCC(F)(F)F)c1cc(F)c(N)cc1C1CC1. The summed E-state index contributed by atoms with van der Waals surface area (Å²) in [5, 5.41) is 1.82. The Hall–Kier alpha value is -1.79. The van der Waals surface area contributed by atoms with Crippen LogP contribution >= 0.6 is 0 Å². The van der Waals surface area contributed by atoms with Crippen molar-refractivity contribution in [2.24, 2.45) is 0 Å². The summed E-state index contributed by atoms with van der Waals surface area (Å²) >= 11 is 0. The Morgan fingerprint density at radius 3 is 2.57 bits per heavy atom. The quantitative estimate of drug-likeness (QED) is 0.663. The van der Waals surface area contributed by atoms with Crippen LogP contribution < -0.4 is 11.1 Å². The number of hydrogen-bond acceptors (Lipinski definition) is 2. The van der Waals surface area contributed by atoms with E-state index in [4.69, 9.17) is 5.73 Å². The number of amides is 1. The minimum Gasteiger partial charge on any atom is -0.396 e. The van der Waals surface area contributed by atoms with Crippen LogP contribution in [-0.4, -0.2) is 18.6 Å². The molecule has 3 nitrogen and oxygen atoms in total. The van der Waals surface area contributed by atoms with Crippen molar-refractivity contribution in [1.29, 1.82) is 0 Å². The molecule has 0 radical (unpaired) electrons. The molecule has 1 aliphatic rings. The molecule has 1 aromatic carbocycles. The Morgan fingerprint density at radius 2 is 2.05 bits per heavy atom. The molecule has 0 aliphatic heterocycles. The standard InChI is InChI=1S/C14H16F4N2O/c1-7(13(21)20-6-14(16,17)18)9-4-11(15)12(19)5-10(9)8-2-3-8/h4-5,7-8H,2-3,6,19H2,1H3,(H,20,21). The highest BCUT2D eigenvalue weighted by Crippen LogP contribution is 2.44. The van der Waals surface area contributed by atoms with Crippen LogP contribution in [0, 0.1) is 5.82 Å². The minimum absolute atomic E-state index is 0.0106. The highest BCUT2D eigenvalue weighted by atomic mass is 19.4. The van der Waals surface area contributed by atoms with Gasteiger partial charge < -0.3 is 11.1 Å². The highest BCUT2D eigenvalue weighted by molar-refractivity contribution is 5.84. The number of nitrogens with two attached hydrogens (primary N) is 1. The highest BCUT2D eigenvalue weighted by Gasteiger charge is 2.32. The molecule has 1 amide bonds. The van der Waals surface area contributed by atoms with Gasteiger partial charge in [0.1, 0.15) is 12.4 Å². The zero-order valence-corrected chi connectivity index (χ0v) is 11.4. The van der Waals surface area contributed by atoms with Gasteiger partial charge in [-0.25, -0.2) is 4.39 Å². The lowest BCUT2D eigenvalue weighted by Crippen LogP contribution is -2.36. The molecule has 1 aromatic rings. The van der Waals surface area contributed by atoms with Gasteiger partial charge in [0.05, 0.1) is 11.6 Å². The molecule has 1 fully saturated rings. The fourth-order valence-corrected chi connectivity index (χ4v) is 2.23. The number of hydrogen-bond donors (Lipinski definition) is 2. The summed E-state index contributed by atoms with van der Waals surface area (Å²) in [5.74, 6) is -2.10. The van der Waals surface area contributed by atoms with Crippen LogP contribution in [0.5, 0.6) is 0 Å². The van der Waals surface area contributed by atoms with E-state index in [0.29, 0.717) is 5.56 Å². The van der Waals surface area contributed by atoms with Crippen molar-refractivity contribution >= 4 is 11.6 Å². The fourth-order valence-electron chi connectivity index (χ4n) is 2.23. The van der Waals surface area contributed by atoms with Crippen molar-refractivity contribution in [1.82, 2.24) is 5.32 Å². The summed E-state index contributed by atoms with van der Waals surface area (Å²) in [4.78, 5) is 11.8. The van der Waals surface area contributed by atoms with E-state index in [0.717, 1.165) is 24.5 Å². The van der Waals surface area contributed by atoms with E-state index in [1.165, 1.54) is 13.0 Å². The summed E-state index contributed by atoms with van der Waals surface area (Å²) in [6.07, 6.45) is -2.65. The second-order valence-electron chi connectivity index (χ2n) is 5.33. The van der Waals surface area contributed by atoms with Gasteiger partial charge in [-0.1, -0.05) is 0 Å². The van der Waals surface area contributed by atoms with Gasteiger partial charge in [-0.3, -0.25) is 4.79 Å². The first-order chi connectivity index (χ1) is 9.69. The van der Waals surface area contributed by atoms with E-state index >= 15 is 0 Å². The topological polar surface area (TPSA) is 55.1 Å². The lowest BCUT2D eigenvalue weighted by atomic mass is 9.91. The Labute approximate surface area is 119 Å². The van der Waals surface area contributed by atoms with Crippen LogP contribution in [0.3, 0.4) is 0 Å². The number of halogens is 4. The molecule has 0 bridgehead atoms. The molecule has 0 saturated heterocycles. The third-order valence-corrected chi connectivity index (χ3v) is 3.54. The fraction of sp³-hybridized carbons (Fsp3) is 0.500. The molecule has 1 atom stereocenters. The summed E-state index contributed by atoms with van der Waals surface area (Å²) in [6, 6.07) is 2.64. The molecule has 0 spiro atoms. The Kier molecular flexibility index (Phi) is 4.11. The van der Waals surface area contributed by atoms with E-state index in [9.17, 15) is 22.4 Å². The molecule has 116 valence electrons. The van der Waals surface area contributed by atoms with Gasteiger partial charge in [0.15, 0.2) is 0 Å². The van der Waals surface area contributed by atoms with E-state index in [1.54, 1.807) is 0 Å². The maximum atomic E-state index is 13.6.